The Balaban J connectivity index is 2.02. The summed E-state index contributed by atoms with van der Waals surface area (Å²) in [6.07, 6.45) is 1.80. The third kappa shape index (κ3) is 2.76. The van der Waals surface area contributed by atoms with Crippen LogP contribution in [0.5, 0.6) is 0 Å². The van der Waals surface area contributed by atoms with Crippen molar-refractivity contribution in [2.45, 2.75) is 0 Å². The van der Waals surface area contributed by atoms with E-state index in [0.717, 1.165) is 22.4 Å². The van der Waals surface area contributed by atoms with Crippen molar-refractivity contribution in [2.75, 3.05) is 0 Å². The minimum atomic E-state index is 0.927. The average molecular weight is 255 g/mol. The molecule has 2 aromatic carbocycles. The lowest BCUT2D eigenvalue weighted by atomic mass is 10.1. The Kier molecular flexibility index (Phi) is 3.57. The van der Waals surface area contributed by atoms with Crippen molar-refractivity contribution in [3.63, 3.8) is 0 Å². The molecule has 1 nitrogen and oxygen atoms in total. The monoisotopic (exact) mass is 255 g/mol. The van der Waals surface area contributed by atoms with Gasteiger partial charge in [0, 0.05) is 17.3 Å². The maximum Gasteiger partial charge on any atom is 0.0858 e. The summed E-state index contributed by atoms with van der Waals surface area (Å²) >= 11 is 0. The lowest BCUT2D eigenvalue weighted by Crippen LogP contribution is -1.88. The summed E-state index contributed by atoms with van der Waals surface area (Å²) in [6, 6.07) is 24.0. The molecule has 1 heterocycles. The topological polar surface area (TPSA) is 12.9 Å². The van der Waals surface area contributed by atoms with Crippen molar-refractivity contribution in [1.82, 2.24) is 4.98 Å². The van der Waals surface area contributed by atoms with E-state index in [4.69, 9.17) is 0 Å². The number of hydrogen-bond acceptors (Lipinski definition) is 1. The van der Waals surface area contributed by atoms with Gasteiger partial charge in [0.05, 0.1) is 11.3 Å². The molecule has 3 rings (SSSR count). The molecule has 1 heteroatoms. The number of hydrogen-bond donors (Lipinski definition) is 0. The number of nitrogens with zero attached hydrogens (tertiary/aromatic N) is 1. The fraction of sp³-hybridized carbons (Fsp3) is 0. The molecule has 0 fully saturated rings. The number of benzene rings is 2. The second-order valence-electron chi connectivity index (χ2n) is 4.38. The lowest BCUT2D eigenvalue weighted by Gasteiger charge is -2.02. The zero-order valence-corrected chi connectivity index (χ0v) is 11.0. The highest BCUT2D eigenvalue weighted by Gasteiger charge is 2.02. The van der Waals surface area contributed by atoms with Gasteiger partial charge in [-0.05, 0) is 24.3 Å². The molecule has 0 aliphatic carbocycles. The summed E-state index contributed by atoms with van der Waals surface area (Å²) in [6.45, 7) is 0. The van der Waals surface area contributed by atoms with Crippen molar-refractivity contribution in [2.24, 2.45) is 0 Å². The van der Waals surface area contributed by atoms with Gasteiger partial charge in [-0.25, -0.2) is 0 Å². The second kappa shape index (κ2) is 5.86. The molecule has 0 radical (unpaired) electrons. The van der Waals surface area contributed by atoms with Crippen LogP contribution in [-0.4, -0.2) is 4.98 Å². The molecule has 0 atom stereocenters. The van der Waals surface area contributed by atoms with E-state index in [1.807, 2.05) is 60.7 Å². The molecule has 0 saturated heterocycles. The van der Waals surface area contributed by atoms with Gasteiger partial charge in [0.15, 0.2) is 0 Å². The minimum absolute atomic E-state index is 0.927. The van der Waals surface area contributed by atoms with E-state index >= 15 is 0 Å². The fourth-order valence-corrected chi connectivity index (χ4v) is 1.99. The maximum atomic E-state index is 4.46. The van der Waals surface area contributed by atoms with E-state index in [1.54, 1.807) is 6.20 Å². The quantitative estimate of drug-likeness (QED) is 0.595. The van der Waals surface area contributed by atoms with E-state index in [0.29, 0.717) is 0 Å². The van der Waals surface area contributed by atoms with E-state index in [-0.39, 0.29) is 0 Å². The summed E-state index contributed by atoms with van der Waals surface area (Å²) < 4.78 is 0. The van der Waals surface area contributed by atoms with Gasteiger partial charge in [0.1, 0.15) is 0 Å². The Bertz CT molecular complexity index is 750. The Hall–Kier alpha value is -2.85. The smallest absolute Gasteiger partial charge is 0.0858 e. The van der Waals surface area contributed by atoms with Crippen LogP contribution in [-0.2, 0) is 0 Å². The van der Waals surface area contributed by atoms with Crippen molar-refractivity contribution in [1.29, 1.82) is 0 Å². The Labute approximate surface area is 118 Å². The summed E-state index contributed by atoms with van der Waals surface area (Å²) in [5.41, 5.74) is 3.97. The summed E-state index contributed by atoms with van der Waals surface area (Å²) in [5.74, 6) is 6.40. The molecule has 0 aliphatic heterocycles. The van der Waals surface area contributed by atoms with Crippen LogP contribution in [0.15, 0.2) is 79.0 Å². The normalized spacial score (nSPS) is 9.60. The molecule has 20 heavy (non-hydrogen) atoms. The van der Waals surface area contributed by atoms with Gasteiger partial charge in [-0.3, -0.25) is 4.98 Å². The van der Waals surface area contributed by atoms with Gasteiger partial charge in [0.25, 0.3) is 0 Å². The first-order valence-corrected chi connectivity index (χ1v) is 6.51. The van der Waals surface area contributed by atoms with Gasteiger partial charge in [0.2, 0.25) is 0 Å². The van der Waals surface area contributed by atoms with Crippen molar-refractivity contribution >= 4 is 0 Å². The Morgan fingerprint density at radius 1 is 0.650 bits per heavy atom. The third-order valence-corrected chi connectivity index (χ3v) is 2.97. The molecular weight excluding hydrogens is 242 g/mol. The van der Waals surface area contributed by atoms with E-state index < -0.39 is 0 Å². The van der Waals surface area contributed by atoms with Crippen molar-refractivity contribution in [3.05, 3.63) is 90.1 Å². The predicted molar refractivity (Wildman–Crippen MR) is 82.1 cm³/mol. The highest BCUT2D eigenvalue weighted by atomic mass is 14.7. The molecule has 0 amide bonds. The molecule has 3 aromatic rings. The molecule has 0 unspecified atom stereocenters. The molecule has 0 spiro atoms. The summed E-state index contributed by atoms with van der Waals surface area (Å²) in [5, 5.41) is 0. The van der Waals surface area contributed by atoms with Crippen LogP contribution in [0.3, 0.4) is 0 Å². The maximum absolute atomic E-state index is 4.46. The highest BCUT2D eigenvalue weighted by molar-refractivity contribution is 5.67. The van der Waals surface area contributed by atoms with E-state index in [9.17, 15) is 0 Å². The lowest BCUT2D eigenvalue weighted by molar-refractivity contribution is 1.31. The first-order chi connectivity index (χ1) is 9.93. The largest absolute Gasteiger partial charge is 0.255 e. The first kappa shape index (κ1) is 12.2. The molecule has 1 aromatic heterocycles. The van der Waals surface area contributed by atoms with Gasteiger partial charge in [-0.15, -0.1) is 0 Å². The van der Waals surface area contributed by atoms with Crippen LogP contribution in [0, 0.1) is 11.8 Å². The van der Waals surface area contributed by atoms with Crippen molar-refractivity contribution < 1.29 is 0 Å². The van der Waals surface area contributed by atoms with Gasteiger partial charge < -0.3 is 0 Å². The minimum Gasteiger partial charge on any atom is -0.255 e. The van der Waals surface area contributed by atoms with Crippen molar-refractivity contribution in [3.8, 4) is 23.1 Å². The second-order valence-corrected chi connectivity index (χ2v) is 4.38. The van der Waals surface area contributed by atoms with Gasteiger partial charge in [-0.2, -0.15) is 0 Å². The SMILES string of the molecule is C(#Cc1cccnc1-c1ccccc1)c1ccccc1. The fourth-order valence-electron chi connectivity index (χ4n) is 1.99. The van der Waals surface area contributed by atoms with Crippen LogP contribution in [0.4, 0.5) is 0 Å². The predicted octanol–water partition coefficient (Wildman–Crippen LogP) is 4.15. The molecule has 94 valence electrons. The number of rotatable bonds is 1. The van der Waals surface area contributed by atoms with Gasteiger partial charge in [-0.1, -0.05) is 60.4 Å². The molecule has 0 bridgehead atoms. The number of pyridine rings is 1. The van der Waals surface area contributed by atoms with Crippen LogP contribution in [0.2, 0.25) is 0 Å². The zero-order chi connectivity index (χ0) is 13.6. The van der Waals surface area contributed by atoms with Crippen LogP contribution in [0.1, 0.15) is 11.1 Å². The van der Waals surface area contributed by atoms with E-state index in [1.165, 1.54) is 0 Å². The average Bonchev–Trinajstić information content (AvgIpc) is 2.55. The molecule has 0 N–H and O–H groups in total. The van der Waals surface area contributed by atoms with Crippen LogP contribution >= 0.6 is 0 Å². The zero-order valence-electron chi connectivity index (χ0n) is 11.0. The first-order valence-electron chi connectivity index (χ1n) is 6.51. The molecule has 0 saturated carbocycles. The number of aromatic nitrogens is 1. The Morgan fingerprint density at radius 3 is 2.10 bits per heavy atom. The van der Waals surface area contributed by atoms with Crippen LogP contribution < -0.4 is 0 Å². The van der Waals surface area contributed by atoms with E-state index in [2.05, 4.69) is 29.0 Å². The summed E-state index contributed by atoms with van der Waals surface area (Å²) in [7, 11) is 0. The standard InChI is InChI=1S/C19H13N/c1-3-8-16(9-4-1)13-14-18-12-7-15-20-19(18)17-10-5-2-6-11-17/h1-12,15H. The molecule has 0 aliphatic rings. The summed E-state index contributed by atoms with van der Waals surface area (Å²) in [4.78, 5) is 4.46. The third-order valence-electron chi connectivity index (χ3n) is 2.97. The van der Waals surface area contributed by atoms with Gasteiger partial charge >= 0.3 is 0 Å². The Morgan fingerprint density at radius 2 is 1.35 bits per heavy atom. The molecular formula is C19H13N. The highest BCUT2D eigenvalue weighted by Crippen LogP contribution is 2.19. The van der Waals surface area contributed by atoms with Crippen LogP contribution in [0.25, 0.3) is 11.3 Å².